The van der Waals surface area contributed by atoms with Gasteiger partial charge in [-0.25, -0.2) is 0 Å². The summed E-state index contributed by atoms with van der Waals surface area (Å²) in [4.78, 5) is 2.15. The van der Waals surface area contributed by atoms with Gasteiger partial charge in [-0.15, -0.1) is 0 Å². The normalized spacial score (nSPS) is 10.9. The van der Waals surface area contributed by atoms with Gasteiger partial charge in [0.25, 0.3) is 0 Å². The second kappa shape index (κ2) is 6.62. The lowest BCUT2D eigenvalue weighted by Crippen LogP contribution is -2.42. The van der Waals surface area contributed by atoms with Gasteiger partial charge in [-0.05, 0) is 27.9 Å². The molecule has 0 aromatic carbocycles. The monoisotopic (exact) mass is 161 g/mol. The molecular weight excluding hydrogens is 138 g/mol. The molecule has 0 bridgehead atoms. The number of methoxy groups -OCH3 is 1. The maximum Gasteiger partial charge on any atom is 0.0641 e. The number of likely N-dealkylation sites (N-methyl/N-ethyl adjacent to an activating group) is 1. The third kappa shape index (κ3) is 6.32. The highest BCUT2D eigenvalue weighted by atomic mass is 16.5. The molecule has 0 radical (unpaired) electrons. The molecule has 0 N–H and O–H groups in total. The van der Waals surface area contributed by atoms with E-state index >= 15 is 0 Å². The Morgan fingerprint density at radius 1 is 1.18 bits per heavy atom. The summed E-state index contributed by atoms with van der Waals surface area (Å²) < 4.78 is 5.03. The fourth-order valence-corrected chi connectivity index (χ4v) is 0.482. The topological polar surface area (TPSA) is 12.5 Å². The van der Waals surface area contributed by atoms with Crippen LogP contribution in [0.1, 0.15) is 27.7 Å². The lowest BCUT2D eigenvalue weighted by atomic mass is 10.1. The first-order chi connectivity index (χ1) is 5.00. The summed E-state index contributed by atoms with van der Waals surface area (Å²) >= 11 is 0. The highest BCUT2D eigenvalue weighted by Gasteiger charge is 2.19. The molecule has 0 aliphatic carbocycles. The predicted octanol–water partition coefficient (Wildman–Crippen LogP) is 2.00. The van der Waals surface area contributed by atoms with Gasteiger partial charge in [-0.1, -0.05) is 13.8 Å². The Morgan fingerprint density at radius 2 is 1.55 bits per heavy atom. The van der Waals surface area contributed by atoms with Crippen molar-refractivity contribution >= 4 is 0 Å². The Kier molecular flexibility index (Phi) is 8.13. The number of hydrogen-bond donors (Lipinski definition) is 0. The smallest absolute Gasteiger partial charge is 0.0641 e. The van der Waals surface area contributed by atoms with Gasteiger partial charge in [0.2, 0.25) is 0 Å². The van der Waals surface area contributed by atoms with Crippen molar-refractivity contribution in [2.75, 3.05) is 27.8 Å². The number of ether oxygens (including phenoxy) is 1. The fraction of sp³-hybridized carbons (Fsp3) is 1.00. The Labute approximate surface area is 71.5 Å². The highest BCUT2D eigenvalue weighted by Crippen LogP contribution is 2.08. The Balaban J connectivity index is 0. The molecule has 0 saturated carbocycles. The van der Waals surface area contributed by atoms with E-state index in [-0.39, 0.29) is 5.54 Å². The van der Waals surface area contributed by atoms with Crippen molar-refractivity contribution in [3.05, 3.63) is 0 Å². The molecule has 11 heavy (non-hydrogen) atoms. The van der Waals surface area contributed by atoms with Crippen LogP contribution in [0.5, 0.6) is 0 Å². The molecule has 0 amide bonds. The third-order valence-corrected chi connectivity index (χ3v) is 1.71. The van der Waals surface area contributed by atoms with E-state index in [9.17, 15) is 0 Å². The van der Waals surface area contributed by atoms with Gasteiger partial charge in [0.15, 0.2) is 0 Å². The van der Waals surface area contributed by atoms with Crippen LogP contribution in [0.25, 0.3) is 0 Å². The van der Waals surface area contributed by atoms with E-state index in [1.54, 1.807) is 7.11 Å². The molecule has 0 spiro atoms. The van der Waals surface area contributed by atoms with Crippen molar-refractivity contribution < 1.29 is 4.74 Å². The number of hydrogen-bond acceptors (Lipinski definition) is 2. The van der Waals surface area contributed by atoms with Crippen LogP contribution in [0.4, 0.5) is 0 Å². The Hall–Kier alpha value is -0.0800. The second-order valence-corrected chi connectivity index (χ2v) is 3.14. The zero-order valence-electron chi connectivity index (χ0n) is 9.06. The summed E-state index contributed by atoms with van der Waals surface area (Å²) in [6.07, 6.45) is 0. The average Bonchev–Trinajstić information content (AvgIpc) is 1.92. The van der Waals surface area contributed by atoms with Crippen LogP contribution in [-0.2, 0) is 4.74 Å². The second-order valence-electron chi connectivity index (χ2n) is 3.14. The molecule has 0 heterocycles. The van der Waals surface area contributed by atoms with Crippen LogP contribution < -0.4 is 0 Å². The van der Waals surface area contributed by atoms with Crippen molar-refractivity contribution in [2.45, 2.75) is 33.2 Å². The van der Waals surface area contributed by atoms with Crippen LogP contribution in [0.15, 0.2) is 0 Å². The lowest BCUT2D eigenvalue weighted by Gasteiger charge is -2.31. The quantitative estimate of drug-likeness (QED) is 0.627. The summed E-state index contributed by atoms with van der Waals surface area (Å²) in [5, 5.41) is 0. The SMILES string of the molecule is CC.COCC(C)(C)N(C)C. The lowest BCUT2D eigenvalue weighted by molar-refractivity contribution is 0.0662. The molecule has 0 aliphatic heterocycles. The summed E-state index contributed by atoms with van der Waals surface area (Å²) in [5.41, 5.74) is 0.161. The minimum absolute atomic E-state index is 0.161. The van der Waals surface area contributed by atoms with Crippen molar-refractivity contribution in [3.8, 4) is 0 Å². The summed E-state index contributed by atoms with van der Waals surface area (Å²) in [6, 6.07) is 0. The Bertz CT molecular complexity index is 79.6. The van der Waals surface area contributed by atoms with Crippen molar-refractivity contribution in [1.82, 2.24) is 4.90 Å². The standard InChI is InChI=1S/C7H17NO.C2H6/c1-7(2,6-9-5)8(3)4;1-2/h6H2,1-5H3;1-2H3. The first kappa shape index (κ1) is 13.5. The third-order valence-electron chi connectivity index (χ3n) is 1.71. The first-order valence-electron chi connectivity index (χ1n) is 4.17. The first-order valence-corrected chi connectivity index (χ1v) is 4.17. The van der Waals surface area contributed by atoms with E-state index in [4.69, 9.17) is 4.74 Å². The van der Waals surface area contributed by atoms with Gasteiger partial charge >= 0.3 is 0 Å². The average molecular weight is 161 g/mol. The highest BCUT2D eigenvalue weighted by molar-refractivity contribution is 4.75. The van der Waals surface area contributed by atoms with Gasteiger partial charge < -0.3 is 9.64 Å². The summed E-state index contributed by atoms with van der Waals surface area (Å²) in [6.45, 7) is 9.08. The van der Waals surface area contributed by atoms with Crippen LogP contribution in [0, 0.1) is 0 Å². The molecule has 0 atom stereocenters. The van der Waals surface area contributed by atoms with Crippen LogP contribution >= 0.6 is 0 Å². The zero-order valence-corrected chi connectivity index (χ0v) is 9.06. The zero-order chi connectivity index (χ0) is 9.49. The maximum absolute atomic E-state index is 5.03. The van der Waals surface area contributed by atoms with E-state index in [0.717, 1.165) is 6.61 Å². The fourth-order valence-electron chi connectivity index (χ4n) is 0.482. The molecular formula is C9H23NO. The molecule has 0 saturated heterocycles. The Morgan fingerprint density at radius 3 is 1.64 bits per heavy atom. The van der Waals surface area contributed by atoms with Gasteiger partial charge in [0.05, 0.1) is 6.61 Å². The van der Waals surface area contributed by atoms with E-state index in [2.05, 4.69) is 32.8 Å². The van der Waals surface area contributed by atoms with Crippen molar-refractivity contribution in [3.63, 3.8) is 0 Å². The van der Waals surface area contributed by atoms with Gasteiger partial charge in [-0.2, -0.15) is 0 Å². The molecule has 0 unspecified atom stereocenters. The largest absolute Gasteiger partial charge is 0.383 e. The molecule has 0 aromatic rings. The summed E-state index contributed by atoms with van der Waals surface area (Å²) in [7, 11) is 5.84. The van der Waals surface area contributed by atoms with Gasteiger partial charge in [0, 0.05) is 12.6 Å². The van der Waals surface area contributed by atoms with Gasteiger partial charge in [0.1, 0.15) is 0 Å². The molecule has 0 rings (SSSR count). The molecule has 2 heteroatoms. The molecule has 0 aromatic heterocycles. The van der Waals surface area contributed by atoms with E-state index < -0.39 is 0 Å². The minimum Gasteiger partial charge on any atom is -0.383 e. The molecule has 70 valence electrons. The summed E-state index contributed by atoms with van der Waals surface area (Å²) in [5.74, 6) is 0. The van der Waals surface area contributed by atoms with Crippen LogP contribution in [0.2, 0.25) is 0 Å². The molecule has 2 nitrogen and oxygen atoms in total. The molecule has 0 aliphatic rings. The van der Waals surface area contributed by atoms with Crippen molar-refractivity contribution in [1.29, 1.82) is 0 Å². The van der Waals surface area contributed by atoms with Gasteiger partial charge in [-0.3, -0.25) is 0 Å². The van der Waals surface area contributed by atoms with Crippen LogP contribution in [0.3, 0.4) is 0 Å². The number of rotatable bonds is 3. The minimum atomic E-state index is 0.161. The maximum atomic E-state index is 5.03. The molecule has 0 fully saturated rings. The van der Waals surface area contributed by atoms with Crippen molar-refractivity contribution in [2.24, 2.45) is 0 Å². The van der Waals surface area contributed by atoms with Crippen LogP contribution in [-0.4, -0.2) is 38.3 Å². The van der Waals surface area contributed by atoms with E-state index in [0.29, 0.717) is 0 Å². The van der Waals surface area contributed by atoms with E-state index in [1.165, 1.54) is 0 Å². The van der Waals surface area contributed by atoms with E-state index in [1.807, 2.05) is 13.8 Å². The predicted molar refractivity (Wildman–Crippen MR) is 51.0 cm³/mol. The number of nitrogens with zero attached hydrogens (tertiary/aromatic N) is 1.